The van der Waals surface area contributed by atoms with Crippen LogP contribution >= 0.6 is 0 Å². The maximum atomic E-state index is 12.9. The molecule has 0 aliphatic carbocycles. The highest BCUT2D eigenvalue weighted by molar-refractivity contribution is 5.76. The molecule has 0 saturated carbocycles. The molecule has 2 aromatic carbocycles. The van der Waals surface area contributed by atoms with Crippen LogP contribution in [0.25, 0.3) is 0 Å². The van der Waals surface area contributed by atoms with Gasteiger partial charge < -0.3 is 14.4 Å². The standard InChI is InChI=1S/C33H42N4O3/c1-39-32-9-3-2-8-30(32)12-15-33(38)37-17-5-7-29(25-37)26-40-31-13-10-27(11-14-31)23-35-18-20-36(21-19-35)24-28-6-4-16-34-22-28/h2-4,6,8-11,13-14,16,22,29H,5,7,12,15,17-21,23-26H2,1H3. The summed E-state index contributed by atoms with van der Waals surface area (Å²) >= 11 is 0. The lowest BCUT2D eigenvalue weighted by molar-refractivity contribution is -0.133. The molecule has 0 radical (unpaired) electrons. The Morgan fingerprint density at radius 3 is 2.38 bits per heavy atom. The molecular formula is C33H42N4O3. The van der Waals surface area contributed by atoms with E-state index in [-0.39, 0.29) is 5.91 Å². The molecule has 0 bridgehead atoms. The topological polar surface area (TPSA) is 58.1 Å². The Hall–Kier alpha value is -3.42. The molecule has 1 aromatic heterocycles. The van der Waals surface area contributed by atoms with E-state index in [4.69, 9.17) is 9.47 Å². The van der Waals surface area contributed by atoms with Crippen molar-refractivity contribution in [1.29, 1.82) is 0 Å². The van der Waals surface area contributed by atoms with Crippen LogP contribution in [0.4, 0.5) is 0 Å². The number of rotatable bonds is 11. The second-order valence-electron chi connectivity index (χ2n) is 11.0. The number of piperidine rings is 1. The Morgan fingerprint density at radius 1 is 0.900 bits per heavy atom. The summed E-state index contributed by atoms with van der Waals surface area (Å²) in [6.07, 6.45) is 7.13. The van der Waals surface area contributed by atoms with Crippen molar-refractivity contribution < 1.29 is 14.3 Å². The first-order chi connectivity index (χ1) is 19.7. The molecular weight excluding hydrogens is 500 g/mol. The van der Waals surface area contributed by atoms with Gasteiger partial charge in [-0.1, -0.05) is 36.4 Å². The molecule has 3 aromatic rings. The van der Waals surface area contributed by atoms with Crippen LogP contribution in [0.5, 0.6) is 11.5 Å². The molecule has 40 heavy (non-hydrogen) atoms. The highest BCUT2D eigenvalue weighted by Gasteiger charge is 2.24. The first-order valence-corrected chi connectivity index (χ1v) is 14.6. The molecule has 2 aliphatic heterocycles. The maximum Gasteiger partial charge on any atom is 0.222 e. The quantitative estimate of drug-likeness (QED) is 0.351. The number of carbonyl (C=O) groups excluding carboxylic acids is 1. The number of aryl methyl sites for hydroxylation is 1. The molecule has 2 fully saturated rings. The number of amides is 1. The summed E-state index contributed by atoms with van der Waals surface area (Å²) in [5, 5.41) is 0. The SMILES string of the molecule is COc1ccccc1CCC(=O)N1CCCC(COc2ccc(CN3CCN(Cc4cccnc4)CC3)cc2)C1. The van der Waals surface area contributed by atoms with E-state index in [1.165, 1.54) is 11.1 Å². The smallest absolute Gasteiger partial charge is 0.222 e. The number of nitrogens with zero attached hydrogens (tertiary/aromatic N) is 4. The third-order valence-corrected chi connectivity index (χ3v) is 8.08. The monoisotopic (exact) mass is 542 g/mol. The van der Waals surface area contributed by atoms with E-state index in [1.54, 1.807) is 7.11 Å². The lowest BCUT2D eigenvalue weighted by atomic mass is 9.98. The fourth-order valence-corrected chi connectivity index (χ4v) is 5.76. The molecule has 1 unspecified atom stereocenters. The van der Waals surface area contributed by atoms with E-state index in [0.29, 0.717) is 25.4 Å². The van der Waals surface area contributed by atoms with Crippen molar-refractivity contribution in [3.05, 3.63) is 89.7 Å². The zero-order valence-corrected chi connectivity index (χ0v) is 23.7. The number of hydrogen-bond acceptors (Lipinski definition) is 6. The third kappa shape index (κ3) is 8.05. The summed E-state index contributed by atoms with van der Waals surface area (Å²) in [5.41, 5.74) is 3.68. The van der Waals surface area contributed by atoms with Crippen molar-refractivity contribution in [2.45, 2.75) is 38.8 Å². The number of hydrogen-bond donors (Lipinski definition) is 0. The number of para-hydroxylation sites is 1. The van der Waals surface area contributed by atoms with E-state index < -0.39 is 0 Å². The Labute approximate surface area is 238 Å². The second kappa shape index (κ2) is 14.3. The molecule has 0 spiro atoms. The number of benzene rings is 2. The Kier molecular flexibility index (Phi) is 10.0. The fraction of sp³-hybridized carbons (Fsp3) is 0.455. The lowest BCUT2D eigenvalue weighted by Crippen LogP contribution is -2.45. The number of likely N-dealkylation sites (tertiary alicyclic amines) is 1. The predicted octanol–water partition coefficient (Wildman–Crippen LogP) is 4.66. The molecule has 212 valence electrons. The van der Waals surface area contributed by atoms with E-state index in [9.17, 15) is 4.79 Å². The van der Waals surface area contributed by atoms with Crippen LogP contribution in [0.15, 0.2) is 73.1 Å². The summed E-state index contributed by atoms with van der Waals surface area (Å²) in [4.78, 5) is 24.2. The highest BCUT2D eigenvalue weighted by atomic mass is 16.5. The van der Waals surface area contributed by atoms with Crippen LogP contribution < -0.4 is 9.47 Å². The first-order valence-electron chi connectivity index (χ1n) is 14.6. The van der Waals surface area contributed by atoms with Gasteiger partial charge in [-0.05, 0) is 60.2 Å². The van der Waals surface area contributed by atoms with Gasteiger partial charge in [0.1, 0.15) is 11.5 Å². The first kappa shape index (κ1) is 28.1. The number of methoxy groups -OCH3 is 1. The van der Waals surface area contributed by atoms with E-state index >= 15 is 0 Å². The van der Waals surface area contributed by atoms with Gasteiger partial charge in [0.15, 0.2) is 0 Å². The van der Waals surface area contributed by atoms with Crippen LogP contribution in [0.1, 0.15) is 36.0 Å². The van der Waals surface area contributed by atoms with Gasteiger partial charge >= 0.3 is 0 Å². The predicted molar refractivity (Wildman–Crippen MR) is 157 cm³/mol. The summed E-state index contributed by atoms with van der Waals surface area (Å²) in [6, 6.07) is 20.7. The number of aromatic nitrogens is 1. The van der Waals surface area contributed by atoms with E-state index in [0.717, 1.165) is 82.3 Å². The average molecular weight is 543 g/mol. The molecule has 0 N–H and O–H groups in total. The third-order valence-electron chi connectivity index (χ3n) is 8.08. The second-order valence-corrected chi connectivity index (χ2v) is 11.0. The molecule has 2 saturated heterocycles. The number of pyridine rings is 1. The number of ether oxygens (including phenoxy) is 2. The van der Waals surface area contributed by atoms with Crippen LogP contribution in [0.3, 0.4) is 0 Å². The van der Waals surface area contributed by atoms with Gasteiger partial charge in [0.05, 0.1) is 13.7 Å². The molecule has 2 aliphatic rings. The van der Waals surface area contributed by atoms with Crippen molar-refractivity contribution in [3.63, 3.8) is 0 Å². The lowest BCUT2D eigenvalue weighted by Gasteiger charge is -2.34. The van der Waals surface area contributed by atoms with Crippen molar-refractivity contribution >= 4 is 5.91 Å². The van der Waals surface area contributed by atoms with Crippen molar-refractivity contribution in [1.82, 2.24) is 19.7 Å². The van der Waals surface area contributed by atoms with Crippen molar-refractivity contribution in [2.24, 2.45) is 5.92 Å². The highest BCUT2D eigenvalue weighted by Crippen LogP contribution is 2.23. The zero-order valence-electron chi connectivity index (χ0n) is 23.7. The maximum absolute atomic E-state index is 12.9. The van der Waals surface area contributed by atoms with E-state index in [2.05, 4.69) is 45.1 Å². The Balaban J connectivity index is 1.02. The van der Waals surface area contributed by atoms with Crippen molar-refractivity contribution in [2.75, 3.05) is 53.0 Å². The van der Waals surface area contributed by atoms with Gasteiger partial charge in [-0.15, -0.1) is 0 Å². The molecule has 1 amide bonds. The number of piperazine rings is 1. The van der Waals surface area contributed by atoms with Gasteiger partial charge in [-0.2, -0.15) is 0 Å². The molecule has 7 heteroatoms. The summed E-state index contributed by atoms with van der Waals surface area (Å²) in [5.74, 6) is 2.35. The summed E-state index contributed by atoms with van der Waals surface area (Å²) in [7, 11) is 1.68. The van der Waals surface area contributed by atoms with Crippen LogP contribution in [0, 0.1) is 5.92 Å². The largest absolute Gasteiger partial charge is 0.496 e. The van der Waals surface area contributed by atoms with Crippen molar-refractivity contribution in [3.8, 4) is 11.5 Å². The van der Waals surface area contributed by atoms with Gasteiger partial charge in [0, 0.05) is 77.1 Å². The van der Waals surface area contributed by atoms with E-state index in [1.807, 2.05) is 47.6 Å². The summed E-state index contributed by atoms with van der Waals surface area (Å²) in [6.45, 7) is 8.52. The molecule has 5 rings (SSSR count). The van der Waals surface area contributed by atoms with Gasteiger partial charge in [-0.3, -0.25) is 19.6 Å². The van der Waals surface area contributed by atoms with Gasteiger partial charge in [-0.25, -0.2) is 0 Å². The zero-order chi connectivity index (χ0) is 27.6. The fourth-order valence-electron chi connectivity index (χ4n) is 5.76. The molecule has 3 heterocycles. The minimum absolute atomic E-state index is 0.220. The number of carbonyl (C=O) groups is 1. The Bertz CT molecular complexity index is 1200. The normalized spacial score (nSPS) is 18.4. The van der Waals surface area contributed by atoms with Gasteiger partial charge in [0.2, 0.25) is 5.91 Å². The minimum atomic E-state index is 0.220. The van der Waals surface area contributed by atoms with Crippen LogP contribution in [-0.4, -0.2) is 78.6 Å². The summed E-state index contributed by atoms with van der Waals surface area (Å²) < 4.78 is 11.6. The Morgan fingerprint density at radius 2 is 1.65 bits per heavy atom. The molecule has 1 atom stereocenters. The van der Waals surface area contributed by atoms with Crippen LogP contribution in [0.2, 0.25) is 0 Å². The average Bonchev–Trinajstić information content (AvgIpc) is 3.01. The van der Waals surface area contributed by atoms with Gasteiger partial charge in [0.25, 0.3) is 0 Å². The minimum Gasteiger partial charge on any atom is -0.496 e. The molecule has 7 nitrogen and oxygen atoms in total. The van der Waals surface area contributed by atoms with Crippen LogP contribution in [-0.2, 0) is 24.3 Å².